The maximum Gasteiger partial charge on any atom is 0.224 e. The van der Waals surface area contributed by atoms with Crippen LogP contribution in [0.15, 0.2) is 42.5 Å². The highest BCUT2D eigenvalue weighted by molar-refractivity contribution is 5.92. The molecule has 2 rings (SSSR count). The van der Waals surface area contributed by atoms with Crippen molar-refractivity contribution in [1.29, 1.82) is 0 Å². The average Bonchev–Trinajstić information content (AvgIpc) is 2.50. The number of anilines is 3. The van der Waals surface area contributed by atoms with Gasteiger partial charge < -0.3 is 16.4 Å². The molecule has 0 aromatic heterocycles. The van der Waals surface area contributed by atoms with E-state index >= 15 is 0 Å². The molecule has 0 aliphatic carbocycles. The molecule has 0 saturated heterocycles. The SMILES string of the molecule is CC(=O)Nc1ccc(NC(=O)CCc2ccc(C)c(N)c2)cc1. The molecule has 0 radical (unpaired) electrons. The first-order chi connectivity index (χ1) is 10.9. The maximum absolute atomic E-state index is 12.0. The average molecular weight is 311 g/mol. The predicted octanol–water partition coefficient (Wildman–Crippen LogP) is 3.11. The minimum Gasteiger partial charge on any atom is -0.399 e. The van der Waals surface area contributed by atoms with E-state index in [2.05, 4.69) is 10.6 Å². The summed E-state index contributed by atoms with van der Waals surface area (Å²) < 4.78 is 0. The Labute approximate surface area is 135 Å². The number of amides is 2. The van der Waals surface area contributed by atoms with Crippen molar-refractivity contribution in [2.24, 2.45) is 0 Å². The van der Waals surface area contributed by atoms with E-state index in [0.29, 0.717) is 24.2 Å². The van der Waals surface area contributed by atoms with Gasteiger partial charge >= 0.3 is 0 Å². The Hall–Kier alpha value is -2.82. The van der Waals surface area contributed by atoms with Crippen LogP contribution in [0.1, 0.15) is 24.5 Å². The highest BCUT2D eigenvalue weighted by Crippen LogP contribution is 2.16. The van der Waals surface area contributed by atoms with Gasteiger partial charge in [0, 0.05) is 30.4 Å². The monoisotopic (exact) mass is 311 g/mol. The van der Waals surface area contributed by atoms with E-state index in [4.69, 9.17) is 5.73 Å². The van der Waals surface area contributed by atoms with Crippen molar-refractivity contribution >= 4 is 28.9 Å². The molecular formula is C18H21N3O2. The van der Waals surface area contributed by atoms with Crippen LogP contribution in [-0.4, -0.2) is 11.8 Å². The lowest BCUT2D eigenvalue weighted by Gasteiger charge is -2.08. The standard InChI is InChI=1S/C18H21N3O2/c1-12-3-4-14(11-17(12)19)5-10-18(23)21-16-8-6-15(7-9-16)20-13(2)22/h3-4,6-9,11H,5,10,19H2,1-2H3,(H,20,22)(H,21,23). The lowest BCUT2D eigenvalue weighted by atomic mass is 10.1. The van der Waals surface area contributed by atoms with Gasteiger partial charge in [-0.3, -0.25) is 9.59 Å². The Kier molecular flexibility index (Phi) is 5.36. The molecular weight excluding hydrogens is 290 g/mol. The summed E-state index contributed by atoms with van der Waals surface area (Å²) in [6.07, 6.45) is 1.02. The van der Waals surface area contributed by atoms with E-state index in [0.717, 1.165) is 16.8 Å². The van der Waals surface area contributed by atoms with Crippen molar-refractivity contribution in [2.75, 3.05) is 16.4 Å². The molecule has 0 saturated carbocycles. The molecule has 0 aliphatic heterocycles. The van der Waals surface area contributed by atoms with Gasteiger partial charge in [0.2, 0.25) is 11.8 Å². The minimum absolute atomic E-state index is 0.0589. The van der Waals surface area contributed by atoms with Crippen molar-refractivity contribution < 1.29 is 9.59 Å². The van der Waals surface area contributed by atoms with Crippen LogP contribution in [0, 0.1) is 6.92 Å². The molecule has 0 spiro atoms. The summed E-state index contributed by atoms with van der Waals surface area (Å²) in [6.45, 7) is 3.41. The largest absolute Gasteiger partial charge is 0.399 e. The molecule has 4 N–H and O–H groups in total. The Morgan fingerprint density at radius 1 is 1.00 bits per heavy atom. The third-order valence-corrected chi connectivity index (χ3v) is 3.47. The lowest BCUT2D eigenvalue weighted by molar-refractivity contribution is -0.116. The summed E-state index contributed by atoms with van der Waals surface area (Å²) in [5.41, 5.74) is 10.1. The third-order valence-electron chi connectivity index (χ3n) is 3.47. The summed E-state index contributed by atoms with van der Waals surface area (Å²) in [4.78, 5) is 22.9. The molecule has 2 amide bonds. The normalized spacial score (nSPS) is 10.2. The number of carbonyl (C=O) groups is 2. The fraction of sp³-hybridized carbons (Fsp3) is 0.222. The second-order valence-electron chi connectivity index (χ2n) is 5.50. The molecule has 23 heavy (non-hydrogen) atoms. The number of hydrogen-bond acceptors (Lipinski definition) is 3. The van der Waals surface area contributed by atoms with Gasteiger partial charge in [-0.05, 0) is 54.8 Å². The van der Waals surface area contributed by atoms with E-state index in [1.165, 1.54) is 6.92 Å². The van der Waals surface area contributed by atoms with Crippen LogP contribution in [0.25, 0.3) is 0 Å². The van der Waals surface area contributed by atoms with Crippen LogP contribution in [0.2, 0.25) is 0 Å². The summed E-state index contributed by atoms with van der Waals surface area (Å²) >= 11 is 0. The zero-order chi connectivity index (χ0) is 16.8. The lowest BCUT2D eigenvalue weighted by Crippen LogP contribution is -2.12. The summed E-state index contributed by atoms with van der Waals surface area (Å²) in [5.74, 6) is -0.185. The first-order valence-corrected chi connectivity index (χ1v) is 7.46. The number of nitrogen functional groups attached to an aromatic ring is 1. The van der Waals surface area contributed by atoms with Crippen LogP contribution in [0.3, 0.4) is 0 Å². The highest BCUT2D eigenvalue weighted by atomic mass is 16.2. The van der Waals surface area contributed by atoms with E-state index in [9.17, 15) is 9.59 Å². The quantitative estimate of drug-likeness (QED) is 0.742. The van der Waals surface area contributed by atoms with Gasteiger partial charge in [-0.15, -0.1) is 0 Å². The zero-order valence-electron chi connectivity index (χ0n) is 13.3. The first-order valence-electron chi connectivity index (χ1n) is 7.46. The molecule has 0 heterocycles. The van der Waals surface area contributed by atoms with Gasteiger partial charge in [-0.2, -0.15) is 0 Å². The Balaban J connectivity index is 1.86. The molecule has 0 unspecified atom stereocenters. The van der Waals surface area contributed by atoms with E-state index in [1.54, 1.807) is 24.3 Å². The number of carbonyl (C=O) groups excluding carboxylic acids is 2. The van der Waals surface area contributed by atoms with Gasteiger partial charge in [0.05, 0.1) is 0 Å². The molecule has 0 atom stereocenters. The van der Waals surface area contributed by atoms with Crippen LogP contribution < -0.4 is 16.4 Å². The van der Waals surface area contributed by atoms with Crippen molar-refractivity contribution in [3.63, 3.8) is 0 Å². The molecule has 5 heteroatoms. The van der Waals surface area contributed by atoms with Gasteiger partial charge in [-0.1, -0.05) is 12.1 Å². The topological polar surface area (TPSA) is 84.2 Å². The van der Waals surface area contributed by atoms with Gasteiger partial charge in [0.15, 0.2) is 0 Å². The number of nitrogens with one attached hydrogen (secondary N) is 2. The second-order valence-corrected chi connectivity index (χ2v) is 5.50. The first kappa shape index (κ1) is 16.5. The van der Waals surface area contributed by atoms with Crippen molar-refractivity contribution in [2.45, 2.75) is 26.7 Å². The molecule has 5 nitrogen and oxygen atoms in total. The summed E-state index contributed by atoms with van der Waals surface area (Å²) in [6, 6.07) is 12.9. The molecule has 2 aromatic carbocycles. The number of hydrogen-bond donors (Lipinski definition) is 3. The Bertz CT molecular complexity index is 709. The maximum atomic E-state index is 12.0. The molecule has 0 bridgehead atoms. The molecule has 120 valence electrons. The van der Waals surface area contributed by atoms with Crippen LogP contribution >= 0.6 is 0 Å². The third kappa shape index (κ3) is 5.14. The summed E-state index contributed by atoms with van der Waals surface area (Å²) in [5, 5.41) is 5.51. The van der Waals surface area contributed by atoms with E-state index in [1.807, 2.05) is 25.1 Å². The van der Waals surface area contributed by atoms with Crippen molar-refractivity contribution in [3.05, 3.63) is 53.6 Å². The van der Waals surface area contributed by atoms with E-state index in [-0.39, 0.29) is 11.8 Å². The fourth-order valence-corrected chi connectivity index (χ4v) is 2.17. The molecule has 0 fully saturated rings. The molecule has 2 aromatic rings. The van der Waals surface area contributed by atoms with Gasteiger partial charge in [0.25, 0.3) is 0 Å². The van der Waals surface area contributed by atoms with Gasteiger partial charge in [0.1, 0.15) is 0 Å². The number of nitrogens with two attached hydrogens (primary N) is 1. The number of aryl methyl sites for hydroxylation is 2. The zero-order valence-corrected chi connectivity index (χ0v) is 13.3. The van der Waals surface area contributed by atoms with Crippen molar-refractivity contribution in [1.82, 2.24) is 0 Å². The number of benzene rings is 2. The highest BCUT2D eigenvalue weighted by Gasteiger charge is 2.05. The minimum atomic E-state index is -0.126. The smallest absolute Gasteiger partial charge is 0.224 e. The summed E-state index contributed by atoms with van der Waals surface area (Å²) in [7, 11) is 0. The Morgan fingerprint density at radius 2 is 1.61 bits per heavy atom. The Morgan fingerprint density at radius 3 is 2.17 bits per heavy atom. The van der Waals surface area contributed by atoms with Gasteiger partial charge in [-0.25, -0.2) is 0 Å². The number of rotatable bonds is 5. The second kappa shape index (κ2) is 7.45. The van der Waals surface area contributed by atoms with Crippen LogP contribution in [-0.2, 0) is 16.0 Å². The van der Waals surface area contributed by atoms with Crippen LogP contribution in [0.4, 0.5) is 17.1 Å². The van der Waals surface area contributed by atoms with Crippen LogP contribution in [0.5, 0.6) is 0 Å². The predicted molar refractivity (Wildman–Crippen MR) is 93.3 cm³/mol. The fourth-order valence-electron chi connectivity index (χ4n) is 2.17. The van der Waals surface area contributed by atoms with E-state index < -0.39 is 0 Å². The van der Waals surface area contributed by atoms with Crippen molar-refractivity contribution in [3.8, 4) is 0 Å². The molecule has 0 aliphatic rings.